The minimum absolute atomic E-state index is 0.156. The summed E-state index contributed by atoms with van der Waals surface area (Å²) >= 11 is 0. The molecule has 17 heavy (non-hydrogen) atoms. The summed E-state index contributed by atoms with van der Waals surface area (Å²) in [6, 6.07) is 8.26. The van der Waals surface area contributed by atoms with Crippen LogP contribution in [0, 0.1) is 0 Å². The molecule has 0 heterocycles. The van der Waals surface area contributed by atoms with E-state index in [-0.39, 0.29) is 13.0 Å². The first-order valence-corrected chi connectivity index (χ1v) is 5.59. The maximum absolute atomic E-state index is 11.4. The average molecular weight is 255 g/mol. The number of hydrogen-bond acceptors (Lipinski definition) is 4. The molecule has 1 aromatic rings. The van der Waals surface area contributed by atoms with Crippen LogP contribution >= 0.6 is 9.39 Å². The molecule has 1 aromatic carbocycles. The van der Waals surface area contributed by atoms with Crippen molar-refractivity contribution in [2.24, 2.45) is 0 Å². The largest absolute Gasteiger partial charge is 0.480 e. The fourth-order valence-corrected chi connectivity index (χ4v) is 1.44. The molecule has 0 fully saturated rings. The highest BCUT2D eigenvalue weighted by molar-refractivity contribution is 7.13. The van der Waals surface area contributed by atoms with E-state index < -0.39 is 18.0 Å². The average Bonchev–Trinajstić information content (AvgIpc) is 2.34. The number of benzene rings is 1. The maximum Gasteiger partial charge on any atom is 0.321 e. The summed E-state index contributed by atoms with van der Waals surface area (Å²) < 4.78 is 4.96. The number of aliphatic carboxylic acids is 1. The highest BCUT2D eigenvalue weighted by atomic mass is 31.0. The molecule has 0 saturated heterocycles. The molecule has 0 amide bonds. The third kappa shape index (κ3) is 4.93. The van der Waals surface area contributed by atoms with Crippen molar-refractivity contribution in [2.75, 3.05) is 0 Å². The van der Waals surface area contributed by atoms with Crippen molar-refractivity contribution >= 4 is 21.3 Å². The first kappa shape index (κ1) is 13.6. The van der Waals surface area contributed by atoms with Gasteiger partial charge in [0.15, 0.2) is 0 Å². The fourth-order valence-electron chi connectivity index (χ4n) is 1.18. The van der Waals surface area contributed by atoms with Gasteiger partial charge in [-0.15, -0.1) is 0 Å². The summed E-state index contributed by atoms with van der Waals surface area (Å²) in [5, 5.41) is 11.2. The number of esters is 1. The van der Waals surface area contributed by atoms with Crippen molar-refractivity contribution < 1.29 is 19.4 Å². The molecule has 0 aliphatic carbocycles. The lowest BCUT2D eigenvalue weighted by atomic mass is 10.2. The van der Waals surface area contributed by atoms with E-state index in [0.29, 0.717) is 0 Å². The van der Waals surface area contributed by atoms with Gasteiger partial charge in [-0.2, -0.15) is 0 Å². The Hall–Kier alpha value is -1.45. The van der Waals surface area contributed by atoms with Gasteiger partial charge < -0.3 is 9.84 Å². The molecule has 6 heteroatoms. The number of carbonyl (C=O) groups excluding carboxylic acids is 1. The SMILES string of the molecule is O=C(C[C@H](NP)C(=O)O)OCc1ccccc1. The van der Waals surface area contributed by atoms with Crippen LogP contribution in [0.5, 0.6) is 0 Å². The van der Waals surface area contributed by atoms with Gasteiger partial charge >= 0.3 is 11.9 Å². The third-order valence-electron chi connectivity index (χ3n) is 2.11. The predicted octanol–water partition coefficient (Wildman–Crippen LogP) is 0.953. The Kier molecular flexibility index (Phi) is 5.60. The van der Waals surface area contributed by atoms with Crippen molar-refractivity contribution in [3.63, 3.8) is 0 Å². The number of ether oxygens (including phenoxy) is 1. The smallest absolute Gasteiger partial charge is 0.321 e. The summed E-state index contributed by atoms with van der Waals surface area (Å²) in [5.74, 6) is -1.63. The molecule has 1 rings (SSSR count). The van der Waals surface area contributed by atoms with Gasteiger partial charge in [0, 0.05) is 0 Å². The Morgan fingerprint density at radius 3 is 2.53 bits per heavy atom. The van der Waals surface area contributed by atoms with Crippen LogP contribution in [-0.2, 0) is 20.9 Å². The predicted molar refractivity (Wildman–Crippen MR) is 65.1 cm³/mol. The van der Waals surface area contributed by atoms with Gasteiger partial charge in [0.2, 0.25) is 0 Å². The standard InChI is InChI=1S/C11H14NO4P/c13-10(6-9(12-17)11(14)15)16-7-8-4-2-1-3-5-8/h1-5,9,12H,6-7,17H2,(H,14,15)/t9-/m0/s1. The van der Waals surface area contributed by atoms with Crippen LogP contribution in [0.1, 0.15) is 12.0 Å². The van der Waals surface area contributed by atoms with Crippen LogP contribution in [0.3, 0.4) is 0 Å². The molecule has 1 unspecified atom stereocenters. The van der Waals surface area contributed by atoms with Crippen molar-refractivity contribution in [1.82, 2.24) is 5.09 Å². The van der Waals surface area contributed by atoms with E-state index >= 15 is 0 Å². The number of carboxylic acid groups (broad SMARTS) is 1. The van der Waals surface area contributed by atoms with Gasteiger partial charge in [0.1, 0.15) is 12.6 Å². The van der Waals surface area contributed by atoms with Crippen molar-refractivity contribution in [1.29, 1.82) is 0 Å². The summed E-state index contributed by atoms with van der Waals surface area (Å²) in [4.78, 5) is 22.0. The van der Waals surface area contributed by atoms with Crippen LogP contribution < -0.4 is 5.09 Å². The van der Waals surface area contributed by atoms with Gasteiger partial charge in [-0.3, -0.25) is 14.7 Å². The molecule has 0 aromatic heterocycles. The van der Waals surface area contributed by atoms with Crippen molar-refractivity contribution in [3.05, 3.63) is 35.9 Å². The molecular formula is C11H14NO4P. The normalized spacial score (nSPS) is 11.8. The van der Waals surface area contributed by atoms with Crippen molar-refractivity contribution in [3.8, 4) is 0 Å². The molecule has 0 aliphatic heterocycles. The molecule has 92 valence electrons. The van der Waals surface area contributed by atoms with Crippen LogP contribution in [0.25, 0.3) is 0 Å². The molecule has 2 atom stereocenters. The zero-order chi connectivity index (χ0) is 12.7. The minimum atomic E-state index is -1.09. The topological polar surface area (TPSA) is 75.6 Å². The van der Waals surface area contributed by atoms with Crippen LogP contribution in [-0.4, -0.2) is 23.1 Å². The molecule has 5 nitrogen and oxygen atoms in total. The van der Waals surface area contributed by atoms with Gasteiger partial charge in [0.05, 0.1) is 6.42 Å². The fraction of sp³-hybridized carbons (Fsp3) is 0.273. The van der Waals surface area contributed by atoms with Gasteiger partial charge in [-0.25, -0.2) is 0 Å². The molecule has 0 bridgehead atoms. The first-order valence-electron chi connectivity index (χ1n) is 5.02. The lowest BCUT2D eigenvalue weighted by molar-refractivity contribution is -0.150. The number of carboxylic acids is 1. The second-order valence-corrected chi connectivity index (χ2v) is 3.74. The summed E-state index contributed by atoms with van der Waals surface area (Å²) in [6.07, 6.45) is -0.203. The molecule has 0 saturated carbocycles. The van der Waals surface area contributed by atoms with Crippen LogP contribution in [0.2, 0.25) is 0 Å². The van der Waals surface area contributed by atoms with E-state index in [9.17, 15) is 9.59 Å². The lowest BCUT2D eigenvalue weighted by Crippen LogP contribution is -2.33. The van der Waals surface area contributed by atoms with Crippen molar-refractivity contribution in [2.45, 2.75) is 19.1 Å². The second-order valence-electron chi connectivity index (χ2n) is 3.41. The van der Waals surface area contributed by atoms with Gasteiger partial charge in [-0.1, -0.05) is 39.7 Å². The monoisotopic (exact) mass is 255 g/mol. The zero-order valence-electron chi connectivity index (χ0n) is 9.13. The quantitative estimate of drug-likeness (QED) is 0.584. The van der Waals surface area contributed by atoms with E-state index in [1.807, 2.05) is 30.3 Å². The Labute approximate surface area is 101 Å². The number of carbonyl (C=O) groups is 2. The molecule has 0 spiro atoms. The first-order chi connectivity index (χ1) is 8.13. The Balaban J connectivity index is 2.37. The van der Waals surface area contributed by atoms with Crippen LogP contribution in [0.15, 0.2) is 30.3 Å². The molecule has 0 radical (unpaired) electrons. The molecule has 2 N–H and O–H groups in total. The van der Waals surface area contributed by atoms with E-state index in [1.54, 1.807) is 0 Å². The van der Waals surface area contributed by atoms with E-state index in [4.69, 9.17) is 9.84 Å². The van der Waals surface area contributed by atoms with Gasteiger partial charge in [-0.05, 0) is 5.56 Å². The summed E-state index contributed by atoms with van der Waals surface area (Å²) in [6.45, 7) is 0.156. The summed E-state index contributed by atoms with van der Waals surface area (Å²) in [5.41, 5.74) is 0.867. The van der Waals surface area contributed by atoms with E-state index in [0.717, 1.165) is 5.56 Å². The van der Waals surface area contributed by atoms with Gasteiger partial charge in [0.25, 0.3) is 0 Å². The van der Waals surface area contributed by atoms with E-state index in [1.165, 1.54) is 0 Å². The third-order valence-corrected chi connectivity index (χ3v) is 2.52. The second kappa shape index (κ2) is 6.99. The highest BCUT2D eigenvalue weighted by Crippen LogP contribution is 2.03. The molecule has 0 aliphatic rings. The Bertz CT molecular complexity index is 382. The number of hydrogen-bond donors (Lipinski definition) is 2. The Morgan fingerprint density at radius 2 is 2.00 bits per heavy atom. The van der Waals surface area contributed by atoms with E-state index in [2.05, 4.69) is 14.5 Å². The lowest BCUT2D eigenvalue weighted by Gasteiger charge is -2.10. The Morgan fingerprint density at radius 1 is 1.35 bits per heavy atom. The maximum atomic E-state index is 11.4. The number of nitrogens with one attached hydrogen (secondary N) is 1. The number of rotatable bonds is 6. The van der Waals surface area contributed by atoms with Crippen LogP contribution in [0.4, 0.5) is 0 Å². The minimum Gasteiger partial charge on any atom is -0.480 e. The highest BCUT2D eigenvalue weighted by Gasteiger charge is 2.19. The zero-order valence-corrected chi connectivity index (χ0v) is 10.3. The summed E-state index contributed by atoms with van der Waals surface area (Å²) in [7, 11) is 2.07. The molecular weight excluding hydrogens is 241 g/mol.